The van der Waals surface area contributed by atoms with E-state index >= 15 is 0 Å². The van der Waals surface area contributed by atoms with Gasteiger partial charge >= 0.3 is 6.18 Å². The molecule has 0 aliphatic rings. The molecule has 0 spiro atoms. The van der Waals surface area contributed by atoms with E-state index in [2.05, 4.69) is 4.98 Å². The van der Waals surface area contributed by atoms with E-state index in [0.717, 1.165) is 12.1 Å². The molecule has 19 heavy (non-hydrogen) atoms. The van der Waals surface area contributed by atoms with Crippen LogP contribution < -0.4 is 16.4 Å². The monoisotopic (exact) mass is 276 g/mol. The quantitative estimate of drug-likeness (QED) is 0.839. The molecule has 0 saturated carbocycles. The van der Waals surface area contributed by atoms with Crippen LogP contribution in [0, 0.1) is 0 Å². The Balaban J connectivity index is 3.19. The Morgan fingerprint density at radius 3 is 2.53 bits per heavy atom. The van der Waals surface area contributed by atoms with Crippen molar-refractivity contribution in [2.24, 2.45) is 11.5 Å². The highest BCUT2D eigenvalue weighted by atomic mass is 19.4. The predicted molar refractivity (Wildman–Crippen MR) is 64.7 cm³/mol. The minimum absolute atomic E-state index is 0.0486. The predicted octanol–water partition coefficient (Wildman–Crippen LogP) is 0.984. The summed E-state index contributed by atoms with van der Waals surface area (Å²) >= 11 is 0. The lowest BCUT2D eigenvalue weighted by Crippen LogP contribution is -2.27. The number of hydrogen-bond acceptors (Lipinski definition) is 4. The molecule has 0 saturated heterocycles. The molecule has 0 radical (unpaired) electrons. The smallest absolute Gasteiger partial charge is 0.365 e. The van der Waals surface area contributed by atoms with Crippen molar-refractivity contribution in [1.29, 1.82) is 0 Å². The van der Waals surface area contributed by atoms with E-state index in [0.29, 0.717) is 19.5 Å². The number of carbonyl (C=O) groups excluding carboxylic acids is 1. The van der Waals surface area contributed by atoms with Crippen molar-refractivity contribution in [3.05, 3.63) is 23.4 Å². The van der Waals surface area contributed by atoms with Gasteiger partial charge in [0.1, 0.15) is 11.5 Å². The van der Waals surface area contributed by atoms with Gasteiger partial charge in [-0.1, -0.05) is 0 Å². The Morgan fingerprint density at radius 2 is 2.05 bits per heavy atom. The summed E-state index contributed by atoms with van der Waals surface area (Å²) < 4.78 is 37.8. The maximum Gasteiger partial charge on any atom is 0.433 e. The average Bonchev–Trinajstić information content (AvgIpc) is 2.33. The van der Waals surface area contributed by atoms with Gasteiger partial charge in [0.05, 0.1) is 5.56 Å². The topological polar surface area (TPSA) is 85.2 Å². The summed E-state index contributed by atoms with van der Waals surface area (Å²) in [6.07, 6.45) is -4.01. The van der Waals surface area contributed by atoms with Crippen LogP contribution in [0.1, 0.15) is 22.5 Å². The van der Waals surface area contributed by atoms with Gasteiger partial charge < -0.3 is 16.4 Å². The maximum absolute atomic E-state index is 12.6. The molecular formula is C11H15F3N4O. The van der Waals surface area contributed by atoms with Gasteiger partial charge in [0, 0.05) is 13.6 Å². The highest BCUT2D eigenvalue weighted by Gasteiger charge is 2.33. The molecule has 0 atom stereocenters. The molecule has 1 aromatic rings. The lowest BCUT2D eigenvalue weighted by molar-refractivity contribution is -0.141. The lowest BCUT2D eigenvalue weighted by Gasteiger charge is -2.21. The van der Waals surface area contributed by atoms with Crippen LogP contribution in [0.3, 0.4) is 0 Å². The number of nitrogens with zero attached hydrogens (tertiary/aromatic N) is 2. The number of nitrogens with two attached hydrogens (primary N) is 2. The van der Waals surface area contributed by atoms with E-state index in [-0.39, 0.29) is 11.4 Å². The first kappa shape index (κ1) is 15.2. The van der Waals surface area contributed by atoms with E-state index in [9.17, 15) is 18.0 Å². The fourth-order valence-corrected chi connectivity index (χ4v) is 1.52. The summed E-state index contributed by atoms with van der Waals surface area (Å²) in [5, 5.41) is 0. The van der Waals surface area contributed by atoms with Crippen molar-refractivity contribution in [3.8, 4) is 0 Å². The number of pyridine rings is 1. The van der Waals surface area contributed by atoms with Crippen LogP contribution in [-0.4, -0.2) is 31.0 Å². The van der Waals surface area contributed by atoms with Crippen molar-refractivity contribution in [2.75, 3.05) is 25.0 Å². The number of alkyl halides is 3. The van der Waals surface area contributed by atoms with Gasteiger partial charge in [0.25, 0.3) is 5.91 Å². The maximum atomic E-state index is 12.6. The van der Waals surface area contributed by atoms with Gasteiger partial charge in [0.15, 0.2) is 0 Å². The molecule has 106 valence electrons. The number of carbonyl (C=O) groups is 1. The molecule has 0 aliphatic carbocycles. The van der Waals surface area contributed by atoms with E-state index in [4.69, 9.17) is 11.5 Å². The summed E-state index contributed by atoms with van der Waals surface area (Å²) in [6.45, 7) is 0.764. The number of halogens is 3. The summed E-state index contributed by atoms with van der Waals surface area (Å²) in [5.74, 6) is -0.911. The van der Waals surface area contributed by atoms with Gasteiger partial charge in [-0.2, -0.15) is 13.2 Å². The zero-order chi connectivity index (χ0) is 14.6. The standard InChI is InChI=1S/C11H15F3N4O/c1-18(6-2-5-15)10-7(9(16)19)3-4-8(17-10)11(12,13)14/h3-4H,2,5-6,15H2,1H3,(H2,16,19). The molecule has 5 nitrogen and oxygen atoms in total. The normalized spacial score (nSPS) is 11.4. The Morgan fingerprint density at radius 1 is 1.42 bits per heavy atom. The highest BCUT2D eigenvalue weighted by Crippen LogP contribution is 2.30. The number of hydrogen-bond donors (Lipinski definition) is 2. The Bertz CT molecular complexity index is 462. The Labute approximate surface area is 108 Å². The van der Waals surface area contributed by atoms with Gasteiger partial charge in [0.2, 0.25) is 0 Å². The fourth-order valence-electron chi connectivity index (χ4n) is 1.52. The second-order valence-corrected chi connectivity index (χ2v) is 3.99. The van der Waals surface area contributed by atoms with Gasteiger partial charge in [-0.15, -0.1) is 0 Å². The van der Waals surface area contributed by atoms with Gasteiger partial charge in [-0.25, -0.2) is 4.98 Å². The van der Waals surface area contributed by atoms with Crippen molar-refractivity contribution in [3.63, 3.8) is 0 Å². The third-order valence-corrected chi connectivity index (χ3v) is 2.49. The van der Waals surface area contributed by atoms with Crippen LogP contribution in [0.4, 0.5) is 19.0 Å². The summed E-state index contributed by atoms with van der Waals surface area (Å²) in [6, 6.07) is 1.77. The minimum atomic E-state index is -4.57. The fraction of sp³-hybridized carbons (Fsp3) is 0.455. The Hall–Kier alpha value is -1.83. The number of aromatic nitrogens is 1. The number of primary amides is 1. The van der Waals surface area contributed by atoms with Crippen LogP contribution in [0.5, 0.6) is 0 Å². The first-order valence-corrected chi connectivity index (χ1v) is 5.56. The average molecular weight is 276 g/mol. The summed E-state index contributed by atoms with van der Waals surface area (Å²) in [4.78, 5) is 16.1. The van der Waals surface area contributed by atoms with Crippen molar-refractivity contribution < 1.29 is 18.0 Å². The molecule has 1 rings (SSSR count). The van der Waals surface area contributed by atoms with Crippen molar-refractivity contribution in [1.82, 2.24) is 4.98 Å². The SMILES string of the molecule is CN(CCCN)c1nc(C(F)(F)F)ccc1C(N)=O. The molecule has 0 unspecified atom stereocenters. The Kier molecular flexibility index (Phi) is 4.71. The third kappa shape index (κ3) is 3.82. The molecular weight excluding hydrogens is 261 g/mol. The summed E-state index contributed by atoms with van der Waals surface area (Å²) in [7, 11) is 1.53. The van der Waals surface area contributed by atoms with E-state index < -0.39 is 17.8 Å². The van der Waals surface area contributed by atoms with E-state index in [1.807, 2.05) is 0 Å². The number of amides is 1. The molecule has 1 amide bonds. The van der Waals surface area contributed by atoms with Crippen molar-refractivity contribution in [2.45, 2.75) is 12.6 Å². The zero-order valence-corrected chi connectivity index (χ0v) is 10.4. The van der Waals surface area contributed by atoms with Gasteiger partial charge in [-0.3, -0.25) is 4.79 Å². The second-order valence-electron chi connectivity index (χ2n) is 3.99. The van der Waals surface area contributed by atoms with Gasteiger partial charge in [-0.05, 0) is 25.1 Å². The summed E-state index contributed by atoms with van der Waals surface area (Å²) in [5.41, 5.74) is 9.35. The molecule has 0 bridgehead atoms. The molecule has 4 N–H and O–H groups in total. The van der Waals surface area contributed by atoms with Crippen LogP contribution in [-0.2, 0) is 6.18 Å². The number of rotatable bonds is 5. The third-order valence-electron chi connectivity index (χ3n) is 2.49. The second kappa shape index (κ2) is 5.87. The van der Waals surface area contributed by atoms with Crippen LogP contribution in [0.2, 0.25) is 0 Å². The van der Waals surface area contributed by atoms with Crippen molar-refractivity contribution >= 4 is 11.7 Å². The molecule has 0 fully saturated rings. The first-order valence-electron chi connectivity index (χ1n) is 5.56. The van der Waals surface area contributed by atoms with E-state index in [1.54, 1.807) is 0 Å². The lowest BCUT2D eigenvalue weighted by atomic mass is 10.2. The van der Waals surface area contributed by atoms with Crippen LogP contribution >= 0.6 is 0 Å². The van der Waals surface area contributed by atoms with Crippen LogP contribution in [0.25, 0.3) is 0 Å². The molecule has 1 heterocycles. The molecule has 1 aromatic heterocycles. The van der Waals surface area contributed by atoms with E-state index in [1.165, 1.54) is 11.9 Å². The highest BCUT2D eigenvalue weighted by molar-refractivity contribution is 5.97. The first-order chi connectivity index (χ1) is 8.77. The number of anilines is 1. The van der Waals surface area contributed by atoms with Crippen LogP contribution in [0.15, 0.2) is 12.1 Å². The zero-order valence-electron chi connectivity index (χ0n) is 10.4. The molecule has 0 aromatic carbocycles. The largest absolute Gasteiger partial charge is 0.433 e. The molecule has 8 heteroatoms. The minimum Gasteiger partial charge on any atom is -0.365 e. The molecule has 0 aliphatic heterocycles.